The highest BCUT2D eigenvalue weighted by Gasteiger charge is 2.47. The van der Waals surface area contributed by atoms with Crippen LogP contribution < -0.4 is 16.0 Å². The summed E-state index contributed by atoms with van der Waals surface area (Å²) < 4.78 is 5.45. The molecule has 4 atom stereocenters. The highest BCUT2D eigenvalue weighted by molar-refractivity contribution is 6.34. The number of anilines is 2. The zero-order valence-electron chi connectivity index (χ0n) is 17.9. The lowest BCUT2D eigenvalue weighted by atomic mass is 9.88. The van der Waals surface area contributed by atoms with Gasteiger partial charge in [-0.15, -0.1) is 0 Å². The number of hydrogen-bond acceptors (Lipinski definition) is 7. The summed E-state index contributed by atoms with van der Waals surface area (Å²) in [6.07, 6.45) is 8.56. The fraction of sp³-hybridized carbons (Fsp3) is 0.391. The Morgan fingerprint density at radius 2 is 2.06 bits per heavy atom. The summed E-state index contributed by atoms with van der Waals surface area (Å²) in [7, 11) is 0. The molecule has 2 bridgehead atoms. The SMILES string of the molecule is NC(=O)[C@@H]1[C@H](Nc2c(Cl)cnc3nc(-c4ccnc(N5CCOCC5)c4)[nH]c23)[C@H]2C=C[C@@H]1C2. The van der Waals surface area contributed by atoms with Crippen molar-refractivity contribution in [2.24, 2.45) is 23.5 Å². The number of amides is 1. The highest BCUT2D eigenvalue weighted by Crippen LogP contribution is 2.46. The van der Waals surface area contributed by atoms with Crippen molar-refractivity contribution in [2.75, 3.05) is 36.5 Å². The van der Waals surface area contributed by atoms with Crippen LogP contribution in [0.4, 0.5) is 11.5 Å². The third-order valence-corrected chi connectivity index (χ3v) is 7.21. The Hall–Kier alpha value is -3.17. The maximum Gasteiger partial charge on any atom is 0.223 e. The van der Waals surface area contributed by atoms with E-state index >= 15 is 0 Å². The van der Waals surface area contributed by atoms with Gasteiger partial charge in [0.2, 0.25) is 5.91 Å². The van der Waals surface area contributed by atoms with Crippen LogP contribution in [0.25, 0.3) is 22.6 Å². The van der Waals surface area contributed by atoms with E-state index in [2.05, 4.69) is 37.3 Å². The predicted molar refractivity (Wildman–Crippen MR) is 126 cm³/mol. The average Bonchev–Trinajstić information content (AvgIpc) is 3.56. The number of primary amides is 1. The second-order valence-corrected chi connectivity index (χ2v) is 9.22. The number of nitrogens with one attached hydrogen (secondary N) is 2. The molecule has 33 heavy (non-hydrogen) atoms. The maximum atomic E-state index is 12.2. The highest BCUT2D eigenvalue weighted by atomic mass is 35.5. The van der Waals surface area contributed by atoms with Gasteiger partial charge in [-0.2, -0.15) is 0 Å². The first-order valence-electron chi connectivity index (χ1n) is 11.2. The molecule has 3 aromatic heterocycles. The van der Waals surface area contributed by atoms with Gasteiger partial charge in [-0.1, -0.05) is 23.8 Å². The van der Waals surface area contributed by atoms with Crippen molar-refractivity contribution in [2.45, 2.75) is 12.5 Å². The Balaban J connectivity index is 1.35. The number of H-pyrrole nitrogens is 1. The van der Waals surface area contributed by atoms with E-state index in [4.69, 9.17) is 27.1 Å². The van der Waals surface area contributed by atoms with Gasteiger partial charge in [0.1, 0.15) is 17.2 Å². The number of morpholine rings is 1. The number of halogens is 1. The fourth-order valence-electron chi connectivity index (χ4n) is 5.32. The minimum absolute atomic E-state index is 0.110. The van der Waals surface area contributed by atoms with Crippen molar-refractivity contribution in [3.05, 3.63) is 41.7 Å². The monoisotopic (exact) mass is 465 g/mol. The van der Waals surface area contributed by atoms with Gasteiger partial charge in [-0.25, -0.2) is 15.0 Å². The van der Waals surface area contributed by atoms with Crippen LogP contribution in [-0.4, -0.2) is 58.2 Å². The van der Waals surface area contributed by atoms with E-state index < -0.39 is 0 Å². The molecule has 10 heteroatoms. The van der Waals surface area contributed by atoms with E-state index in [1.54, 1.807) is 12.4 Å². The number of ether oxygens (including phenoxy) is 1. The number of aromatic amines is 1. The molecule has 2 aliphatic carbocycles. The summed E-state index contributed by atoms with van der Waals surface area (Å²) in [6, 6.07) is 3.82. The predicted octanol–water partition coefficient (Wildman–Crippen LogP) is 2.60. The number of carbonyl (C=O) groups excluding carboxylic acids is 1. The lowest BCUT2D eigenvalue weighted by Gasteiger charge is -2.28. The van der Waals surface area contributed by atoms with Crippen molar-refractivity contribution in [1.29, 1.82) is 0 Å². The zero-order valence-corrected chi connectivity index (χ0v) is 18.6. The van der Waals surface area contributed by atoms with Crippen LogP contribution in [0, 0.1) is 17.8 Å². The Kier molecular flexibility index (Phi) is 4.95. The summed E-state index contributed by atoms with van der Waals surface area (Å²) in [5.74, 6) is 1.43. The molecule has 3 aliphatic rings. The molecular formula is C23H24ClN7O2. The summed E-state index contributed by atoms with van der Waals surface area (Å²) >= 11 is 6.56. The largest absolute Gasteiger partial charge is 0.378 e. The third kappa shape index (κ3) is 3.52. The number of carbonyl (C=O) groups is 1. The van der Waals surface area contributed by atoms with Crippen LogP contribution in [0.3, 0.4) is 0 Å². The summed E-state index contributed by atoms with van der Waals surface area (Å²) in [4.78, 5) is 31.4. The molecular weight excluding hydrogens is 442 g/mol. The standard InChI is InChI=1S/C23H24ClN7O2/c24-15-11-27-23-20(19(15)28-18-13-2-1-12(9-13)17(18)21(25)32)29-22(30-23)14-3-4-26-16(10-14)31-5-7-33-8-6-31/h1-4,10-13,17-18H,5-9H2,(H2,25,32)(H2,27,28,29,30)/t12-,13+,17+,18-/m1/s1. The molecule has 1 saturated heterocycles. The third-order valence-electron chi connectivity index (χ3n) is 6.93. The molecule has 4 heterocycles. The van der Waals surface area contributed by atoms with Crippen molar-refractivity contribution in [3.63, 3.8) is 0 Å². The van der Waals surface area contributed by atoms with Gasteiger partial charge in [-0.3, -0.25) is 4.79 Å². The molecule has 2 fully saturated rings. The summed E-state index contributed by atoms with van der Waals surface area (Å²) in [6.45, 7) is 3.00. The number of hydrogen-bond donors (Lipinski definition) is 3. The van der Waals surface area contributed by atoms with E-state index in [0.29, 0.717) is 40.9 Å². The smallest absolute Gasteiger partial charge is 0.223 e. The molecule has 6 rings (SSSR count). The number of imidazole rings is 1. The van der Waals surface area contributed by atoms with Crippen LogP contribution >= 0.6 is 11.6 Å². The van der Waals surface area contributed by atoms with Gasteiger partial charge < -0.3 is 25.7 Å². The average molecular weight is 466 g/mol. The first-order chi connectivity index (χ1) is 16.1. The molecule has 9 nitrogen and oxygen atoms in total. The number of aromatic nitrogens is 4. The van der Waals surface area contributed by atoms with Crippen LogP contribution in [0.2, 0.25) is 5.02 Å². The van der Waals surface area contributed by atoms with Gasteiger partial charge >= 0.3 is 0 Å². The number of nitrogens with two attached hydrogens (primary N) is 1. The first kappa shape index (κ1) is 20.4. The van der Waals surface area contributed by atoms with Gasteiger partial charge in [0.25, 0.3) is 0 Å². The molecule has 0 aromatic carbocycles. The molecule has 1 saturated carbocycles. The summed E-state index contributed by atoms with van der Waals surface area (Å²) in [5.41, 5.74) is 8.60. The first-order valence-corrected chi connectivity index (χ1v) is 11.5. The number of allylic oxidation sites excluding steroid dienone is 1. The van der Waals surface area contributed by atoms with Crippen LogP contribution in [0.15, 0.2) is 36.7 Å². The van der Waals surface area contributed by atoms with E-state index in [-0.39, 0.29) is 29.7 Å². The van der Waals surface area contributed by atoms with Crippen LogP contribution in [0.5, 0.6) is 0 Å². The lowest BCUT2D eigenvalue weighted by Crippen LogP contribution is -2.41. The molecule has 1 aliphatic heterocycles. The van der Waals surface area contributed by atoms with Gasteiger partial charge in [-0.05, 0) is 30.4 Å². The normalized spacial score (nSPS) is 26.3. The summed E-state index contributed by atoms with van der Waals surface area (Å²) in [5, 5.41) is 3.98. The molecule has 3 aromatic rings. The van der Waals surface area contributed by atoms with E-state index in [9.17, 15) is 4.79 Å². The van der Waals surface area contributed by atoms with Crippen molar-refractivity contribution in [1.82, 2.24) is 19.9 Å². The van der Waals surface area contributed by atoms with Gasteiger partial charge in [0, 0.05) is 30.9 Å². The number of rotatable bonds is 5. The zero-order chi connectivity index (χ0) is 22.5. The number of pyridine rings is 2. The van der Waals surface area contributed by atoms with Crippen molar-refractivity contribution >= 4 is 40.2 Å². The fourth-order valence-corrected chi connectivity index (χ4v) is 5.51. The Morgan fingerprint density at radius 1 is 1.24 bits per heavy atom. The second-order valence-electron chi connectivity index (χ2n) is 8.81. The Bertz CT molecular complexity index is 1250. The van der Waals surface area contributed by atoms with Crippen molar-refractivity contribution in [3.8, 4) is 11.4 Å². The molecule has 0 spiro atoms. The van der Waals surface area contributed by atoms with Crippen LogP contribution in [0.1, 0.15) is 6.42 Å². The van der Waals surface area contributed by atoms with E-state index in [1.807, 2.05) is 12.1 Å². The van der Waals surface area contributed by atoms with Crippen LogP contribution in [-0.2, 0) is 9.53 Å². The lowest BCUT2D eigenvalue weighted by molar-refractivity contribution is -0.122. The number of nitrogens with zero attached hydrogens (tertiary/aromatic N) is 4. The van der Waals surface area contributed by atoms with E-state index in [1.165, 1.54) is 0 Å². The maximum absolute atomic E-state index is 12.2. The second kappa shape index (κ2) is 8.00. The van der Waals surface area contributed by atoms with Gasteiger partial charge in [0.15, 0.2) is 5.65 Å². The van der Waals surface area contributed by atoms with E-state index in [0.717, 1.165) is 30.9 Å². The minimum Gasteiger partial charge on any atom is -0.378 e. The molecule has 4 N–H and O–H groups in total. The minimum atomic E-state index is -0.288. The molecule has 0 unspecified atom stereocenters. The Labute approximate surface area is 195 Å². The molecule has 170 valence electrons. The van der Waals surface area contributed by atoms with Gasteiger partial charge in [0.05, 0.1) is 36.0 Å². The number of fused-ring (bicyclic) bond motifs is 3. The Morgan fingerprint density at radius 3 is 2.88 bits per heavy atom. The quantitative estimate of drug-likeness (QED) is 0.495. The van der Waals surface area contributed by atoms with Crippen molar-refractivity contribution < 1.29 is 9.53 Å². The molecule has 1 amide bonds. The molecule has 0 radical (unpaired) electrons. The topological polar surface area (TPSA) is 122 Å².